The summed E-state index contributed by atoms with van der Waals surface area (Å²) < 4.78 is 1.83. The summed E-state index contributed by atoms with van der Waals surface area (Å²) in [7, 11) is 0. The largest absolute Gasteiger partial charge is 0.240 e. The lowest BCUT2D eigenvalue weighted by Gasteiger charge is -1.98. The standard InChI is InChI=1S/C13H13N5/c14-17-15-9-5-4-6-12-10-16-18(11-12)13-7-2-1-3-8-13/h1-4,6-8,10-11H,5,9H2. The zero-order valence-corrected chi connectivity index (χ0v) is 9.85. The lowest BCUT2D eigenvalue weighted by atomic mass is 10.3. The van der Waals surface area contributed by atoms with E-state index in [1.807, 2.05) is 53.4 Å². The molecule has 0 spiro atoms. The molecule has 0 fully saturated rings. The number of hydrogen-bond acceptors (Lipinski definition) is 2. The summed E-state index contributed by atoms with van der Waals surface area (Å²) in [5.41, 5.74) is 10.2. The van der Waals surface area contributed by atoms with E-state index in [9.17, 15) is 0 Å². The molecule has 5 heteroatoms. The van der Waals surface area contributed by atoms with Gasteiger partial charge in [-0.05, 0) is 24.1 Å². The van der Waals surface area contributed by atoms with Crippen molar-refractivity contribution in [2.75, 3.05) is 6.54 Å². The van der Waals surface area contributed by atoms with Gasteiger partial charge in [-0.2, -0.15) is 5.10 Å². The maximum Gasteiger partial charge on any atom is 0.0645 e. The van der Waals surface area contributed by atoms with Gasteiger partial charge in [0.1, 0.15) is 0 Å². The highest BCUT2D eigenvalue weighted by Gasteiger charge is 1.96. The van der Waals surface area contributed by atoms with Crippen LogP contribution in [0.2, 0.25) is 0 Å². The molecule has 0 aliphatic rings. The van der Waals surface area contributed by atoms with Crippen LogP contribution in [0.5, 0.6) is 0 Å². The van der Waals surface area contributed by atoms with Gasteiger partial charge in [-0.25, -0.2) is 4.68 Å². The highest BCUT2D eigenvalue weighted by molar-refractivity contribution is 5.47. The summed E-state index contributed by atoms with van der Waals surface area (Å²) >= 11 is 0. The molecule has 2 rings (SSSR count). The minimum atomic E-state index is 0.486. The Balaban J connectivity index is 2.00. The molecule has 0 saturated heterocycles. The number of para-hydroxylation sites is 1. The van der Waals surface area contributed by atoms with Gasteiger partial charge in [0, 0.05) is 23.2 Å². The van der Waals surface area contributed by atoms with Crippen LogP contribution in [0.3, 0.4) is 0 Å². The van der Waals surface area contributed by atoms with Crippen molar-refractivity contribution in [1.82, 2.24) is 9.78 Å². The summed E-state index contributed by atoms with van der Waals surface area (Å²) in [4.78, 5) is 2.70. The topological polar surface area (TPSA) is 66.6 Å². The van der Waals surface area contributed by atoms with Crippen molar-refractivity contribution in [2.45, 2.75) is 6.42 Å². The van der Waals surface area contributed by atoms with Crippen molar-refractivity contribution >= 4 is 6.08 Å². The van der Waals surface area contributed by atoms with Gasteiger partial charge in [-0.15, -0.1) is 0 Å². The van der Waals surface area contributed by atoms with Crippen molar-refractivity contribution in [3.63, 3.8) is 0 Å². The molecule has 0 amide bonds. The molecule has 1 aromatic carbocycles. The van der Waals surface area contributed by atoms with E-state index < -0.39 is 0 Å². The zero-order valence-electron chi connectivity index (χ0n) is 9.85. The van der Waals surface area contributed by atoms with Gasteiger partial charge in [0.15, 0.2) is 0 Å². The monoisotopic (exact) mass is 239 g/mol. The van der Waals surface area contributed by atoms with E-state index in [1.165, 1.54) is 0 Å². The first kappa shape index (κ1) is 12.0. The van der Waals surface area contributed by atoms with Crippen LogP contribution < -0.4 is 0 Å². The van der Waals surface area contributed by atoms with Gasteiger partial charge >= 0.3 is 0 Å². The summed E-state index contributed by atoms with van der Waals surface area (Å²) in [5.74, 6) is 0. The molecule has 0 aliphatic heterocycles. The Kier molecular flexibility index (Phi) is 4.16. The number of benzene rings is 1. The van der Waals surface area contributed by atoms with Crippen LogP contribution >= 0.6 is 0 Å². The number of aromatic nitrogens is 2. The number of rotatable bonds is 5. The second-order valence-electron chi connectivity index (χ2n) is 3.70. The van der Waals surface area contributed by atoms with Crippen LogP contribution in [-0.2, 0) is 0 Å². The van der Waals surface area contributed by atoms with Crippen molar-refractivity contribution in [1.29, 1.82) is 0 Å². The number of azide groups is 1. The molecule has 5 nitrogen and oxygen atoms in total. The van der Waals surface area contributed by atoms with Crippen LogP contribution in [0.15, 0.2) is 53.9 Å². The molecule has 1 heterocycles. The fraction of sp³-hybridized carbons (Fsp3) is 0.154. The summed E-state index contributed by atoms with van der Waals surface area (Å²) in [6.07, 6.45) is 8.44. The minimum Gasteiger partial charge on any atom is -0.240 e. The minimum absolute atomic E-state index is 0.486. The van der Waals surface area contributed by atoms with Gasteiger partial charge in [-0.1, -0.05) is 35.5 Å². The molecule has 0 saturated carbocycles. The van der Waals surface area contributed by atoms with E-state index in [1.54, 1.807) is 6.20 Å². The normalized spacial score (nSPS) is 10.4. The van der Waals surface area contributed by atoms with E-state index in [0.29, 0.717) is 6.54 Å². The molecule has 2 aromatic rings. The summed E-state index contributed by atoms with van der Waals surface area (Å²) in [5, 5.41) is 7.75. The average molecular weight is 239 g/mol. The first-order valence-corrected chi connectivity index (χ1v) is 5.67. The molecule has 0 atom stereocenters. The Hall–Kier alpha value is -2.52. The first-order chi connectivity index (χ1) is 8.90. The molecule has 0 N–H and O–H groups in total. The summed E-state index contributed by atoms with van der Waals surface area (Å²) in [6, 6.07) is 9.94. The predicted octanol–water partition coefficient (Wildman–Crippen LogP) is 3.59. The Morgan fingerprint density at radius 3 is 2.94 bits per heavy atom. The Morgan fingerprint density at radius 1 is 1.33 bits per heavy atom. The van der Waals surface area contributed by atoms with Crippen molar-refractivity contribution < 1.29 is 0 Å². The van der Waals surface area contributed by atoms with Gasteiger partial charge in [0.25, 0.3) is 0 Å². The molecule has 0 unspecified atom stereocenters. The second kappa shape index (κ2) is 6.27. The molecular formula is C13H13N5. The molecule has 0 bridgehead atoms. The van der Waals surface area contributed by atoms with Gasteiger partial charge in [-0.3, -0.25) is 0 Å². The van der Waals surface area contributed by atoms with Crippen LogP contribution in [0.1, 0.15) is 12.0 Å². The lowest BCUT2D eigenvalue weighted by molar-refractivity contribution is 0.880. The Morgan fingerprint density at radius 2 is 2.17 bits per heavy atom. The van der Waals surface area contributed by atoms with E-state index >= 15 is 0 Å². The van der Waals surface area contributed by atoms with E-state index in [-0.39, 0.29) is 0 Å². The van der Waals surface area contributed by atoms with Crippen LogP contribution in [0, 0.1) is 0 Å². The predicted molar refractivity (Wildman–Crippen MR) is 71.2 cm³/mol. The third-order valence-electron chi connectivity index (χ3n) is 2.39. The molecular weight excluding hydrogens is 226 g/mol. The van der Waals surface area contributed by atoms with Crippen molar-refractivity contribution in [3.8, 4) is 5.69 Å². The maximum absolute atomic E-state index is 8.13. The number of nitrogens with zero attached hydrogens (tertiary/aromatic N) is 5. The van der Waals surface area contributed by atoms with Crippen LogP contribution in [-0.4, -0.2) is 16.3 Å². The van der Waals surface area contributed by atoms with Gasteiger partial charge < -0.3 is 0 Å². The maximum atomic E-state index is 8.13. The fourth-order valence-corrected chi connectivity index (χ4v) is 1.54. The molecule has 1 aromatic heterocycles. The highest BCUT2D eigenvalue weighted by Crippen LogP contribution is 2.08. The Labute approximate surface area is 105 Å². The fourth-order valence-electron chi connectivity index (χ4n) is 1.54. The van der Waals surface area contributed by atoms with Crippen LogP contribution in [0.25, 0.3) is 22.2 Å². The average Bonchev–Trinajstić information content (AvgIpc) is 2.88. The zero-order chi connectivity index (χ0) is 12.6. The van der Waals surface area contributed by atoms with E-state index in [4.69, 9.17) is 5.53 Å². The number of hydrogen-bond donors (Lipinski definition) is 0. The van der Waals surface area contributed by atoms with Gasteiger partial charge in [0.2, 0.25) is 0 Å². The van der Waals surface area contributed by atoms with E-state index in [0.717, 1.165) is 17.7 Å². The second-order valence-corrected chi connectivity index (χ2v) is 3.70. The SMILES string of the molecule is [N-]=[N+]=NCCC=Cc1cnn(-c2ccccc2)c1. The van der Waals surface area contributed by atoms with Crippen molar-refractivity contribution in [3.05, 3.63) is 64.8 Å². The molecule has 90 valence electrons. The molecule has 0 radical (unpaired) electrons. The smallest absolute Gasteiger partial charge is 0.0645 e. The molecule has 18 heavy (non-hydrogen) atoms. The Bertz CT molecular complexity index is 564. The van der Waals surface area contributed by atoms with Gasteiger partial charge in [0.05, 0.1) is 11.9 Å². The first-order valence-electron chi connectivity index (χ1n) is 5.67. The highest BCUT2D eigenvalue weighted by atomic mass is 15.3. The lowest BCUT2D eigenvalue weighted by Crippen LogP contribution is -1.92. The summed E-state index contributed by atoms with van der Waals surface area (Å²) in [6.45, 7) is 0.486. The molecule has 0 aliphatic carbocycles. The quantitative estimate of drug-likeness (QED) is 0.340. The van der Waals surface area contributed by atoms with E-state index in [2.05, 4.69) is 15.1 Å². The third kappa shape index (κ3) is 3.23. The van der Waals surface area contributed by atoms with Crippen LogP contribution in [0.4, 0.5) is 0 Å². The van der Waals surface area contributed by atoms with Crippen molar-refractivity contribution in [2.24, 2.45) is 5.11 Å². The third-order valence-corrected chi connectivity index (χ3v) is 2.39.